The van der Waals surface area contributed by atoms with Crippen LogP contribution in [0.1, 0.15) is 27.5 Å². The molecule has 0 fully saturated rings. The van der Waals surface area contributed by atoms with Crippen LogP contribution in [0, 0.1) is 15.9 Å². The summed E-state index contributed by atoms with van der Waals surface area (Å²) in [6.07, 6.45) is 1.90. The molecule has 2 heterocycles. The first kappa shape index (κ1) is 23.5. The molecule has 1 aromatic heterocycles. The first-order valence-electron chi connectivity index (χ1n) is 10.5. The fourth-order valence-corrected chi connectivity index (χ4v) is 4.02. The van der Waals surface area contributed by atoms with Gasteiger partial charge in [0.15, 0.2) is 0 Å². The van der Waals surface area contributed by atoms with E-state index in [0.717, 1.165) is 17.2 Å². The quantitative estimate of drug-likeness (QED) is 0.246. The van der Waals surface area contributed by atoms with Crippen LogP contribution in [0.5, 0.6) is 0 Å². The summed E-state index contributed by atoms with van der Waals surface area (Å²) in [5.74, 6) is -0.729. The molecule has 0 bridgehead atoms. The molecular weight excluding hydrogens is 510 g/mol. The van der Waals surface area contributed by atoms with Crippen LogP contribution in [0.15, 0.2) is 72.8 Å². The second-order valence-electron chi connectivity index (χ2n) is 7.79. The van der Waals surface area contributed by atoms with Gasteiger partial charge in [0, 0.05) is 22.3 Å². The van der Waals surface area contributed by atoms with Crippen molar-refractivity contribution in [2.75, 3.05) is 10.6 Å². The summed E-state index contributed by atoms with van der Waals surface area (Å²) in [7, 11) is 0. The van der Waals surface area contributed by atoms with Crippen LogP contribution >= 0.6 is 23.2 Å². The first-order chi connectivity index (χ1) is 17.3. The molecule has 1 aliphatic rings. The van der Waals surface area contributed by atoms with Crippen LogP contribution in [-0.2, 0) is 0 Å². The Hall–Kier alpha value is -4.28. The zero-order valence-electron chi connectivity index (χ0n) is 18.2. The van der Waals surface area contributed by atoms with Gasteiger partial charge in [0.25, 0.3) is 17.5 Å². The molecule has 0 saturated heterocycles. The van der Waals surface area contributed by atoms with Gasteiger partial charge in [-0.25, -0.2) is 9.07 Å². The van der Waals surface area contributed by atoms with Crippen molar-refractivity contribution in [3.05, 3.63) is 115 Å². The third kappa shape index (κ3) is 4.64. The fraction of sp³-hybridized carbons (Fsp3) is 0.0417. The van der Waals surface area contributed by atoms with Crippen LogP contribution in [0.25, 0.3) is 5.70 Å². The Morgan fingerprint density at radius 3 is 2.50 bits per heavy atom. The van der Waals surface area contributed by atoms with Crippen LogP contribution < -0.4 is 10.6 Å². The third-order valence-electron chi connectivity index (χ3n) is 5.46. The predicted octanol–water partition coefficient (Wildman–Crippen LogP) is 5.94. The minimum Gasteiger partial charge on any atom is -0.324 e. The van der Waals surface area contributed by atoms with E-state index in [2.05, 4.69) is 20.7 Å². The molecule has 1 aliphatic heterocycles. The van der Waals surface area contributed by atoms with Crippen LogP contribution in [0.4, 0.5) is 22.0 Å². The van der Waals surface area contributed by atoms with Crippen LogP contribution in [0.2, 0.25) is 10.0 Å². The van der Waals surface area contributed by atoms with E-state index in [1.165, 1.54) is 24.3 Å². The molecule has 2 N–H and O–H groups in total. The summed E-state index contributed by atoms with van der Waals surface area (Å²) in [4.78, 5) is 27.6. The van der Waals surface area contributed by atoms with E-state index in [1.807, 2.05) is 18.2 Å². The fourth-order valence-electron chi connectivity index (χ4n) is 3.71. The number of benzene rings is 3. The largest absolute Gasteiger partial charge is 0.324 e. The molecule has 0 radical (unpaired) electrons. The van der Waals surface area contributed by atoms with Crippen molar-refractivity contribution in [2.45, 2.75) is 6.04 Å². The molecule has 1 amide bonds. The van der Waals surface area contributed by atoms with E-state index in [4.69, 9.17) is 23.2 Å². The summed E-state index contributed by atoms with van der Waals surface area (Å²) in [6, 6.07) is 16.4. The smallest absolute Gasteiger partial charge is 0.288 e. The van der Waals surface area contributed by atoms with Gasteiger partial charge >= 0.3 is 0 Å². The molecule has 0 aliphatic carbocycles. The number of anilines is 2. The lowest BCUT2D eigenvalue weighted by Crippen LogP contribution is -2.20. The van der Waals surface area contributed by atoms with Crippen LogP contribution in [0.3, 0.4) is 0 Å². The van der Waals surface area contributed by atoms with Gasteiger partial charge < -0.3 is 5.32 Å². The minimum atomic E-state index is -0.673. The van der Waals surface area contributed by atoms with Crippen molar-refractivity contribution in [1.82, 2.24) is 14.8 Å². The summed E-state index contributed by atoms with van der Waals surface area (Å²) < 4.78 is 15.1. The Kier molecular flexibility index (Phi) is 6.13. The van der Waals surface area contributed by atoms with Crippen molar-refractivity contribution in [3.8, 4) is 0 Å². The Morgan fingerprint density at radius 1 is 1.08 bits per heavy atom. The van der Waals surface area contributed by atoms with E-state index in [0.29, 0.717) is 16.7 Å². The average Bonchev–Trinajstić information content (AvgIpc) is 3.26. The number of rotatable bonds is 5. The molecule has 4 aromatic rings. The molecule has 3 aromatic carbocycles. The summed E-state index contributed by atoms with van der Waals surface area (Å²) >= 11 is 11.9. The predicted molar refractivity (Wildman–Crippen MR) is 134 cm³/mol. The van der Waals surface area contributed by atoms with E-state index >= 15 is 0 Å². The number of carbonyl (C=O) groups is 1. The van der Waals surface area contributed by atoms with Crippen molar-refractivity contribution in [1.29, 1.82) is 0 Å². The molecule has 9 nitrogen and oxygen atoms in total. The van der Waals surface area contributed by atoms with Gasteiger partial charge in [-0.3, -0.25) is 20.2 Å². The maximum absolute atomic E-state index is 13.6. The summed E-state index contributed by atoms with van der Waals surface area (Å²) in [5, 5.41) is 21.8. The second kappa shape index (κ2) is 9.40. The second-order valence-corrected chi connectivity index (χ2v) is 8.63. The molecule has 12 heteroatoms. The van der Waals surface area contributed by atoms with E-state index in [-0.39, 0.29) is 22.4 Å². The zero-order chi connectivity index (χ0) is 25.4. The SMILES string of the molecule is O=C(Nc1nc2n(n1)C(c1ccc(F)cc1)C=C(c1ccc(Cl)cc1)N2)c1ccc(Cl)c([N+](=O)[O-])c1. The lowest BCUT2D eigenvalue weighted by Gasteiger charge is -2.24. The number of carbonyl (C=O) groups excluding carboxylic acids is 1. The lowest BCUT2D eigenvalue weighted by molar-refractivity contribution is -0.384. The standard InChI is InChI=1S/C24H15Cl2FN6O3/c25-16-6-1-13(2-7-16)19-12-20(14-3-8-17(27)9-4-14)32-24(28-19)30-23(31-32)29-22(34)15-5-10-18(26)21(11-15)33(35)36/h1-12,20H,(H2,28,29,30,31,34). The van der Waals surface area contributed by atoms with E-state index in [1.54, 1.807) is 28.9 Å². The molecule has 5 rings (SSSR count). The maximum atomic E-state index is 13.6. The molecule has 0 spiro atoms. The van der Waals surface area contributed by atoms with Crippen molar-refractivity contribution in [2.24, 2.45) is 0 Å². The number of nitro benzene ring substituents is 1. The highest BCUT2D eigenvalue weighted by Gasteiger charge is 2.26. The number of hydrogen-bond acceptors (Lipinski definition) is 6. The lowest BCUT2D eigenvalue weighted by atomic mass is 10.0. The van der Waals surface area contributed by atoms with E-state index in [9.17, 15) is 19.3 Å². The monoisotopic (exact) mass is 524 g/mol. The highest BCUT2D eigenvalue weighted by molar-refractivity contribution is 6.32. The number of nitrogens with zero attached hydrogens (tertiary/aromatic N) is 4. The van der Waals surface area contributed by atoms with Gasteiger partial charge in [0.05, 0.1) is 4.92 Å². The Morgan fingerprint density at radius 2 is 1.81 bits per heavy atom. The van der Waals surface area contributed by atoms with Crippen molar-refractivity contribution < 1.29 is 14.1 Å². The molecule has 1 atom stereocenters. The number of aromatic nitrogens is 3. The number of allylic oxidation sites excluding steroid dienone is 1. The van der Waals surface area contributed by atoms with Gasteiger partial charge in [-0.15, -0.1) is 5.10 Å². The van der Waals surface area contributed by atoms with Crippen molar-refractivity contribution >= 4 is 52.4 Å². The molecular formula is C24H15Cl2FN6O3. The Balaban J connectivity index is 1.49. The zero-order valence-corrected chi connectivity index (χ0v) is 19.7. The summed E-state index contributed by atoms with van der Waals surface area (Å²) in [5.41, 5.74) is 1.91. The van der Waals surface area contributed by atoms with Gasteiger partial charge in [0.2, 0.25) is 5.95 Å². The number of nitro groups is 1. The first-order valence-corrected chi connectivity index (χ1v) is 11.3. The molecule has 0 saturated carbocycles. The van der Waals surface area contributed by atoms with Crippen molar-refractivity contribution in [3.63, 3.8) is 0 Å². The molecule has 180 valence electrons. The number of nitrogens with one attached hydrogen (secondary N) is 2. The highest BCUT2D eigenvalue weighted by Crippen LogP contribution is 2.34. The van der Waals surface area contributed by atoms with Gasteiger partial charge in [0.1, 0.15) is 16.9 Å². The topological polar surface area (TPSA) is 115 Å². The third-order valence-corrected chi connectivity index (χ3v) is 6.03. The maximum Gasteiger partial charge on any atom is 0.288 e. The van der Waals surface area contributed by atoms with Crippen LogP contribution in [-0.4, -0.2) is 25.6 Å². The number of fused-ring (bicyclic) bond motifs is 1. The van der Waals surface area contributed by atoms with E-state index < -0.39 is 22.6 Å². The van der Waals surface area contributed by atoms with Gasteiger partial charge in [-0.2, -0.15) is 4.98 Å². The number of amides is 1. The Bertz CT molecular complexity index is 1520. The van der Waals surface area contributed by atoms with Gasteiger partial charge in [-0.05, 0) is 53.6 Å². The molecule has 36 heavy (non-hydrogen) atoms. The number of hydrogen-bond donors (Lipinski definition) is 2. The highest BCUT2D eigenvalue weighted by atomic mass is 35.5. The average molecular weight is 525 g/mol. The van der Waals surface area contributed by atoms with Gasteiger partial charge in [-0.1, -0.05) is 47.5 Å². The summed E-state index contributed by atoms with van der Waals surface area (Å²) in [6.45, 7) is 0. The Labute approximate surface area is 213 Å². The normalized spacial score (nSPS) is 14.4. The minimum absolute atomic E-state index is 0.0156. The molecule has 1 unspecified atom stereocenters. The number of halogens is 3.